The minimum Gasteiger partial charge on any atom is -0.504 e. The molecule has 1 aromatic rings. The Morgan fingerprint density at radius 3 is 2.42 bits per heavy atom. The topological polar surface area (TPSA) is 119 Å². The summed E-state index contributed by atoms with van der Waals surface area (Å²) < 4.78 is 9.45. The zero-order valence-electron chi connectivity index (χ0n) is 10.5. The number of hydrogen-bond donors (Lipinski definition) is 3. The van der Waals surface area contributed by atoms with Gasteiger partial charge in [0.1, 0.15) is 0 Å². The van der Waals surface area contributed by atoms with Crippen molar-refractivity contribution in [2.24, 2.45) is 5.73 Å². The fourth-order valence-corrected chi connectivity index (χ4v) is 1.65. The molecule has 19 heavy (non-hydrogen) atoms. The van der Waals surface area contributed by atoms with Crippen LogP contribution in [0.3, 0.4) is 0 Å². The van der Waals surface area contributed by atoms with Crippen LogP contribution >= 0.6 is 0 Å². The van der Waals surface area contributed by atoms with E-state index in [1.54, 1.807) is 0 Å². The van der Waals surface area contributed by atoms with E-state index < -0.39 is 17.9 Å². The number of ether oxygens (including phenoxy) is 2. The molecule has 0 saturated heterocycles. The SMILES string of the molecule is COC(=O)c1cc(OC)c(O)c(C(CN)C(=O)O)c1. The third kappa shape index (κ3) is 2.94. The van der Waals surface area contributed by atoms with Crippen LogP contribution in [-0.4, -0.2) is 42.9 Å². The Morgan fingerprint density at radius 1 is 1.37 bits per heavy atom. The maximum absolute atomic E-state index is 11.5. The predicted molar refractivity (Wildman–Crippen MR) is 65.4 cm³/mol. The molecule has 0 aliphatic carbocycles. The van der Waals surface area contributed by atoms with Gasteiger partial charge in [-0.1, -0.05) is 0 Å². The summed E-state index contributed by atoms with van der Waals surface area (Å²) in [6, 6.07) is 2.50. The summed E-state index contributed by atoms with van der Waals surface area (Å²) in [5.41, 5.74) is 5.46. The summed E-state index contributed by atoms with van der Waals surface area (Å²) in [7, 11) is 2.48. The Morgan fingerprint density at radius 2 is 2.00 bits per heavy atom. The lowest BCUT2D eigenvalue weighted by atomic mass is 9.95. The van der Waals surface area contributed by atoms with E-state index in [4.69, 9.17) is 15.6 Å². The summed E-state index contributed by atoms with van der Waals surface area (Å²) in [5.74, 6) is -3.38. The van der Waals surface area contributed by atoms with Gasteiger partial charge in [0, 0.05) is 12.1 Å². The maximum Gasteiger partial charge on any atom is 0.337 e. The number of carbonyl (C=O) groups excluding carboxylic acids is 1. The number of hydrogen-bond acceptors (Lipinski definition) is 6. The molecule has 0 spiro atoms. The monoisotopic (exact) mass is 269 g/mol. The third-order valence-corrected chi connectivity index (χ3v) is 2.65. The maximum atomic E-state index is 11.5. The number of carboxylic acid groups (broad SMARTS) is 1. The van der Waals surface area contributed by atoms with Gasteiger partial charge in [-0.25, -0.2) is 4.79 Å². The van der Waals surface area contributed by atoms with E-state index in [0.717, 1.165) is 0 Å². The first-order chi connectivity index (χ1) is 8.96. The van der Waals surface area contributed by atoms with Crippen molar-refractivity contribution in [2.45, 2.75) is 5.92 Å². The second-order valence-corrected chi connectivity index (χ2v) is 3.73. The van der Waals surface area contributed by atoms with Crippen molar-refractivity contribution in [1.29, 1.82) is 0 Å². The molecule has 0 aliphatic heterocycles. The summed E-state index contributed by atoms with van der Waals surface area (Å²) in [5, 5.41) is 19.0. The van der Waals surface area contributed by atoms with Gasteiger partial charge in [0.25, 0.3) is 0 Å². The number of phenols is 1. The van der Waals surface area contributed by atoms with Crippen molar-refractivity contribution in [3.05, 3.63) is 23.3 Å². The lowest BCUT2D eigenvalue weighted by Gasteiger charge is -2.15. The average Bonchev–Trinajstić information content (AvgIpc) is 2.40. The Labute approximate surface area is 109 Å². The highest BCUT2D eigenvalue weighted by Crippen LogP contribution is 2.36. The Hall–Kier alpha value is -2.28. The van der Waals surface area contributed by atoms with Crippen LogP contribution in [0.5, 0.6) is 11.5 Å². The molecule has 0 aromatic heterocycles. The van der Waals surface area contributed by atoms with Gasteiger partial charge in [-0.3, -0.25) is 4.79 Å². The molecular formula is C12H15NO6. The molecule has 0 radical (unpaired) electrons. The molecule has 0 amide bonds. The molecule has 0 aliphatic rings. The van der Waals surface area contributed by atoms with Crippen molar-refractivity contribution in [1.82, 2.24) is 0 Å². The fraction of sp³-hybridized carbons (Fsp3) is 0.333. The molecule has 0 fully saturated rings. The third-order valence-electron chi connectivity index (χ3n) is 2.65. The largest absolute Gasteiger partial charge is 0.504 e. The van der Waals surface area contributed by atoms with E-state index in [-0.39, 0.29) is 29.2 Å². The van der Waals surface area contributed by atoms with Crippen LogP contribution in [0, 0.1) is 0 Å². The lowest BCUT2D eigenvalue weighted by Crippen LogP contribution is -2.21. The van der Waals surface area contributed by atoms with Gasteiger partial charge in [-0.2, -0.15) is 0 Å². The first-order valence-electron chi connectivity index (χ1n) is 5.38. The van der Waals surface area contributed by atoms with E-state index in [2.05, 4.69) is 4.74 Å². The van der Waals surface area contributed by atoms with Crippen molar-refractivity contribution < 1.29 is 29.3 Å². The average molecular weight is 269 g/mol. The Balaban J connectivity index is 3.44. The smallest absolute Gasteiger partial charge is 0.337 e. The number of carbonyl (C=O) groups is 2. The molecule has 0 bridgehead atoms. The Kier molecular flexibility index (Phi) is 4.71. The van der Waals surface area contributed by atoms with Gasteiger partial charge in [0.15, 0.2) is 11.5 Å². The fourth-order valence-electron chi connectivity index (χ4n) is 1.65. The molecular weight excluding hydrogens is 254 g/mol. The van der Waals surface area contributed by atoms with Gasteiger partial charge >= 0.3 is 11.9 Å². The van der Waals surface area contributed by atoms with Crippen molar-refractivity contribution >= 4 is 11.9 Å². The molecule has 7 heteroatoms. The Bertz CT molecular complexity index is 499. The first kappa shape index (κ1) is 14.8. The van der Waals surface area contributed by atoms with Gasteiger partial charge in [-0.15, -0.1) is 0 Å². The zero-order chi connectivity index (χ0) is 14.6. The number of aliphatic carboxylic acids is 1. The molecule has 4 N–H and O–H groups in total. The number of nitrogens with two attached hydrogens (primary N) is 1. The van der Waals surface area contributed by atoms with Crippen LogP contribution in [0.4, 0.5) is 0 Å². The van der Waals surface area contributed by atoms with Crippen molar-refractivity contribution in [3.63, 3.8) is 0 Å². The van der Waals surface area contributed by atoms with E-state index >= 15 is 0 Å². The predicted octanol–water partition coefficient (Wildman–Crippen LogP) is 0.314. The first-order valence-corrected chi connectivity index (χ1v) is 5.38. The minimum atomic E-state index is -1.21. The quantitative estimate of drug-likeness (QED) is 0.658. The van der Waals surface area contributed by atoms with Crippen LogP contribution in [-0.2, 0) is 9.53 Å². The number of rotatable bonds is 5. The molecule has 1 rings (SSSR count). The minimum absolute atomic E-state index is 0.00903. The highest BCUT2D eigenvalue weighted by atomic mass is 16.5. The van der Waals surface area contributed by atoms with Gasteiger partial charge in [0.05, 0.1) is 25.7 Å². The summed E-state index contributed by atoms with van der Waals surface area (Å²) >= 11 is 0. The number of benzene rings is 1. The standard InChI is InChI=1S/C12H15NO6/c1-18-9-4-6(12(17)19-2)3-7(10(9)14)8(5-13)11(15)16/h3-4,8,14H,5,13H2,1-2H3,(H,15,16). The van der Waals surface area contributed by atoms with E-state index in [9.17, 15) is 14.7 Å². The van der Waals surface area contributed by atoms with Crippen LogP contribution < -0.4 is 10.5 Å². The van der Waals surface area contributed by atoms with Crippen molar-refractivity contribution in [3.8, 4) is 11.5 Å². The zero-order valence-corrected chi connectivity index (χ0v) is 10.5. The van der Waals surface area contributed by atoms with Crippen LogP contribution in [0.1, 0.15) is 21.8 Å². The second kappa shape index (κ2) is 6.05. The summed E-state index contributed by atoms with van der Waals surface area (Å²) in [4.78, 5) is 22.6. The molecule has 1 aromatic carbocycles. The van der Waals surface area contributed by atoms with E-state index in [1.165, 1.54) is 26.4 Å². The van der Waals surface area contributed by atoms with Gasteiger partial charge in [-0.05, 0) is 12.1 Å². The molecule has 1 atom stereocenters. The number of phenolic OH excluding ortho intramolecular Hbond substituents is 1. The van der Waals surface area contributed by atoms with Crippen molar-refractivity contribution in [2.75, 3.05) is 20.8 Å². The molecule has 0 saturated carbocycles. The van der Waals surface area contributed by atoms with Crippen LogP contribution in [0.15, 0.2) is 12.1 Å². The number of aromatic hydroxyl groups is 1. The highest BCUT2D eigenvalue weighted by Gasteiger charge is 2.25. The molecule has 7 nitrogen and oxygen atoms in total. The molecule has 104 valence electrons. The van der Waals surface area contributed by atoms with E-state index in [0.29, 0.717) is 0 Å². The molecule has 0 heterocycles. The number of carboxylic acids is 1. The number of esters is 1. The summed E-state index contributed by atoms with van der Waals surface area (Å²) in [6.07, 6.45) is 0. The summed E-state index contributed by atoms with van der Waals surface area (Å²) in [6.45, 7) is -0.226. The lowest BCUT2D eigenvalue weighted by molar-refractivity contribution is -0.138. The van der Waals surface area contributed by atoms with Gasteiger partial charge in [0.2, 0.25) is 0 Å². The number of methoxy groups -OCH3 is 2. The van der Waals surface area contributed by atoms with Gasteiger partial charge < -0.3 is 25.4 Å². The molecule has 1 unspecified atom stereocenters. The van der Waals surface area contributed by atoms with E-state index in [1.807, 2.05) is 0 Å². The highest BCUT2D eigenvalue weighted by molar-refractivity contribution is 5.91. The van der Waals surface area contributed by atoms with Crippen LogP contribution in [0.25, 0.3) is 0 Å². The van der Waals surface area contributed by atoms with Crippen LogP contribution in [0.2, 0.25) is 0 Å². The normalized spacial score (nSPS) is 11.7. The second-order valence-electron chi connectivity index (χ2n) is 3.73.